The summed E-state index contributed by atoms with van der Waals surface area (Å²) in [5.41, 5.74) is 37.0. The Morgan fingerprint density at radius 3 is 1.10 bits per heavy atom. The van der Waals surface area contributed by atoms with Gasteiger partial charge in [0.05, 0.1) is 33.6 Å². The van der Waals surface area contributed by atoms with Crippen LogP contribution in [0.2, 0.25) is 0 Å². The lowest BCUT2D eigenvalue weighted by atomic mass is 9.69. The first-order chi connectivity index (χ1) is 51.5. The van der Waals surface area contributed by atoms with Gasteiger partial charge in [-0.3, -0.25) is 0 Å². The highest BCUT2D eigenvalue weighted by molar-refractivity contribution is 6.08. The molecule has 4 aromatic heterocycles. The second-order valence-electron chi connectivity index (χ2n) is 28.0. The molecule has 482 valence electrons. The molecule has 0 amide bonds. The number of nitrogens with zero attached hydrogens (tertiary/aromatic N) is 2. The van der Waals surface area contributed by atoms with E-state index in [0.717, 1.165) is 140 Å². The lowest BCUT2D eigenvalue weighted by Gasteiger charge is -2.30. The van der Waals surface area contributed by atoms with Crippen LogP contribution in [0.25, 0.3) is 168 Å². The third kappa shape index (κ3) is 8.36. The van der Waals surface area contributed by atoms with Crippen LogP contribution in [0, 0.1) is 0 Å². The molecule has 4 heteroatoms. The SMILES string of the molecule is c1ccc(-c2cc(-c3ccc(-c4cccc5c4-c4oc6ccccc6c4C54c5ccccc5-c5c(-c6ccc(-c7cc(-c8cccc(-c9ccc%10c(c9)C9(c%11ccccc%11-c%11ccccc%119)c9c-%10oc%10ccccc9%10)c8)cc(-c8ccccc8)n7)cc6)cccc54)cc3)cc(-c3ccccc3)n2)cc1. The summed E-state index contributed by atoms with van der Waals surface area (Å²) < 4.78 is 14.2. The zero-order valence-corrected chi connectivity index (χ0v) is 56.4. The van der Waals surface area contributed by atoms with E-state index >= 15 is 0 Å². The van der Waals surface area contributed by atoms with Crippen molar-refractivity contribution < 1.29 is 8.83 Å². The number of rotatable bonds is 9. The van der Waals surface area contributed by atoms with E-state index in [1.807, 2.05) is 0 Å². The second-order valence-corrected chi connectivity index (χ2v) is 28.0. The monoisotopic (exact) mass is 1320 g/mol. The summed E-state index contributed by atoms with van der Waals surface area (Å²) in [5.74, 6) is 1.87. The third-order valence-electron chi connectivity index (χ3n) is 22.7. The summed E-state index contributed by atoms with van der Waals surface area (Å²) >= 11 is 0. The van der Waals surface area contributed by atoms with Gasteiger partial charge in [0.1, 0.15) is 22.7 Å². The van der Waals surface area contributed by atoms with Crippen LogP contribution in [-0.4, -0.2) is 9.97 Å². The zero-order chi connectivity index (χ0) is 68.2. The van der Waals surface area contributed by atoms with E-state index < -0.39 is 10.8 Å². The number of benzene rings is 14. The minimum Gasteiger partial charge on any atom is -0.456 e. The highest BCUT2D eigenvalue weighted by atomic mass is 16.3. The molecule has 1 unspecified atom stereocenters. The summed E-state index contributed by atoms with van der Waals surface area (Å²) in [4.78, 5) is 10.7. The number of pyridine rings is 2. The third-order valence-corrected chi connectivity index (χ3v) is 22.7. The zero-order valence-electron chi connectivity index (χ0n) is 56.4. The molecule has 1 atom stereocenters. The first-order valence-electron chi connectivity index (χ1n) is 35.8. The molecule has 14 aromatic carbocycles. The first kappa shape index (κ1) is 58.3. The Morgan fingerprint density at radius 2 is 0.538 bits per heavy atom. The normalized spacial score (nSPS) is 14.3. The number of furan rings is 2. The van der Waals surface area contributed by atoms with Gasteiger partial charge in [-0.05, 0) is 160 Å². The van der Waals surface area contributed by atoms with Gasteiger partial charge >= 0.3 is 0 Å². The molecule has 0 N–H and O–H groups in total. The molecular weight excluding hydrogens is 1260 g/mol. The standard InChI is InChI=1S/C100H60N2O2/c1-4-23-64(24-5-1)87-57-71(58-88(101-87)65-25-6-2-7-26-65)61-45-47-63(48-46-61)74-37-22-42-85-94(74)98-96(80-35-14-19-44-92(80)104-98)100(85)83-40-17-12-33-77(83)93-73(36-21-41-84(93)100)62-49-51-67(52-50-62)90-60-72(59-89(102-90)66-27-8-3-9-28-66)69-30-20-29-68(55-69)70-53-54-78-86(56-70)99(95-79-34-13-18-43-91(79)103-97(78)95)81-38-15-10-31-75(81)76-32-11-16-39-82(76)99/h1-60H. The molecular formula is C100H60N2O2. The molecule has 0 saturated carbocycles. The largest absolute Gasteiger partial charge is 0.456 e. The summed E-state index contributed by atoms with van der Waals surface area (Å²) in [7, 11) is 0. The van der Waals surface area contributed by atoms with Crippen molar-refractivity contribution in [2.45, 2.75) is 10.8 Å². The smallest absolute Gasteiger partial charge is 0.141 e. The average Bonchev–Trinajstić information content (AvgIpc) is 1.49. The molecule has 4 aliphatic rings. The quantitative estimate of drug-likeness (QED) is 0.145. The van der Waals surface area contributed by atoms with Crippen molar-refractivity contribution >= 4 is 21.9 Å². The van der Waals surface area contributed by atoms with Crippen LogP contribution in [0.5, 0.6) is 0 Å². The van der Waals surface area contributed by atoms with Crippen molar-refractivity contribution in [3.05, 3.63) is 408 Å². The number of hydrogen-bond acceptors (Lipinski definition) is 4. The number of hydrogen-bond donors (Lipinski definition) is 0. The van der Waals surface area contributed by atoms with Gasteiger partial charge in [0.25, 0.3) is 0 Å². The van der Waals surface area contributed by atoms with Gasteiger partial charge in [0.2, 0.25) is 0 Å². The van der Waals surface area contributed by atoms with Gasteiger partial charge in [-0.15, -0.1) is 0 Å². The fourth-order valence-corrected chi connectivity index (χ4v) is 18.3. The Labute approximate surface area is 601 Å². The van der Waals surface area contributed by atoms with E-state index in [4.69, 9.17) is 18.8 Å². The highest BCUT2D eigenvalue weighted by Crippen LogP contribution is 2.68. The highest BCUT2D eigenvalue weighted by Gasteiger charge is 2.57. The van der Waals surface area contributed by atoms with E-state index in [1.165, 1.54) is 72.3 Å². The summed E-state index contributed by atoms with van der Waals surface area (Å²) in [6.07, 6.45) is 0. The Hall–Kier alpha value is -13.5. The van der Waals surface area contributed by atoms with Crippen molar-refractivity contribution in [2.24, 2.45) is 0 Å². The van der Waals surface area contributed by atoms with Crippen LogP contribution >= 0.6 is 0 Å². The van der Waals surface area contributed by atoms with Crippen LogP contribution in [0.15, 0.2) is 373 Å². The minimum atomic E-state index is -0.681. The first-order valence-corrected chi connectivity index (χ1v) is 35.8. The maximum absolute atomic E-state index is 7.24. The Bertz CT molecular complexity index is 6480. The van der Waals surface area contributed by atoms with Crippen LogP contribution < -0.4 is 0 Å². The van der Waals surface area contributed by atoms with Crippen molar-refractivity contribution in [3.8, 4) is 146 Å². The molecule has 0 aliphatic heterocycles. The summed E-state index contributed by atoms with van der Waals surface area (Å²) in [5, 5.41) is 2.27. The van der Waals surface area contributed by atoms with Crippen LogP contribution in [0.1, 0.15) is 44.5 Å². The van der Waals surface area contributed by atoms with Crippen molar-refractivity contribution in [1.82, 2.24) is 9.97 Å². The molecule has 0 saturated heterocycles. The Morgan fingerprint density at radius 1 is 0.192 bits per heavy atom. The molecule has 0 bridgehead atoms. The van der Waals surface area contributed by atoms with Gasteiger partial charge in [0.15, 0.2) is 0 Å². The maximum atomic E-state index is 7.24. The van der Waals surface area contributed by atoms with Gasteiger partial charge in [-0.25, -0.2) is 9.97 Å². The van der Waals surface area contributed by atoms with Crippen molar-refractivity contribution in [2.75, 3.05) is 0 Å². The average molecular weight is 1320 g/mol. The molecule has 4 heterocycles. The van der Waals surface area contributed by atoms with E-state index in [2.05, 4.69) is 364 Å². The Kier molecular flexibility index (Phi) is 12.6. The van der Waals surface area contributed by atoms with E-state index in [9.17, 15) is 0 Å². The number of aromatic nitrogens is 2. The van der Waals surface area contributed by atoms with E-state index in [0.29, 0.717) is 0 Å². The molecule has 22 rings (SSSR count). The molecule has 18 aromatic rings. The van der Waals surface area contributed by atoms with Gasteiger partial charge in [0, 0.05) is 55.3 Å². The maximum Gasteiger partial charge on any atom is 0.141 e. The molecule has 0 radical (unpaired) electrons. The lowest BCUT2D eigenvalue weighted by molar-refractivity contribution is 0.628. The number of para-hydroxylation sites is 2. The predicted molar refractivity (Wildman–Crippen MR) is 423 cm³/mol. The van der Waals surface area contributed by atoms with E-state index in [1.54, 1.807) is 0 Å². The van der Waals surface area contributed by atoms with Crippen LogP contribution in [0.4, 0.5) is 0 Å². The fourth-order valence-electron chi connectivity index (χ4n) is 18.3. The Balaban J connectivity index is 0.642. The molecule has 4 aliphatic carbocycles. The van der Waals surface area contributed by atoms with Gasteiger partial charge < -0.3 is 8.83 Å². The molecule has 4 nitrogen and oxygen atoms in total. The van der Waals surface area contributed by atoms with Crippen LogP contribution in [-0.2, 0) is 10.8 Å². The predicted octanol–water partition coefficient (Wildman–Crippen LogP) is 25.7. The lowest BCUT2D eigenvalue weighted by Crippen LogP contribution is -2.25. The van der Waals surface area contributed by atoms with Gasteiger partial charge in [-0.2, -0.15) is 0 Å². The number of fused-ring (bicyclic) bond motifs is 24. The topological polar surface area (TPSA) is 52.1 Å². The minimum absolute atomic E-state index is 0.555. The summed E-state index contributed by atoms with van der Waals surface area (Å²) in [6.45, 7) is 0. The van der Waals surface area contributed by atoms with E-state index in [-0.39, 0.29) is 0 Å². The van der Waals surface area contributed by atoms with Crippen molar-refractivity contribution in [3.63, 3.8) is 0 Å². The van der Waals surface area contributed by atoms with Crippen LogP contribution in [0.3, 0.4) is 0 Å². The molecule has 0 fully saturated rings. The summed E-state index contributed by atoms with van der Waals surface area (Å²) in [6, 6.07) is 133. The molecule has 2 spiro atoms. The van der Waals surface area contributed by atoms with Gasteiger partial charge in [-0.1, -0.05) is 315 Å². The second kappa shape index (κ2) is 22.5. The fraction of sp³-hybridized carbons (Fsp3) is 0.0200. The molecule has 104 heavy (non-hydrogen) atoms. The van der Waals surface area contributed by atoms with Crippen molar-refractivity contribution in [1.29, 1.82) is 0 Å².